The largest absolute Gasteiger partial charge is 0.494 e. The first-order valence-electron chi connectivity index (χ1n) is 8.31. The second-order valence-corrected chi connectivity index (χ2v) is 5.76. The van der Waals surface area contributed by atoms with Crippen molar-refractivity contribution in [2.24, 2.45) is 0 Å². The van der Waals surface area contributed by atoms with Crippen molar-refractivity contribution in [1.29, 1.82) is 0 Å². The standard InChI is InChI=1S/C18H22N4O2/c1-2-24-16-5-3-14(4-6-16)18(23)22-11-8-15(9-12-22)21-17-7-10-19-13-20-17/h3-7,10,13,15H,2,8-9,11-12H2,1H3,(H,19,20,21). The number of amides is 1. The Morgan fingerprint density at radius 2 is 2.00 bits per heavy atom. The molecule has 0 atom stereocenters. The maximum absolute atomic E-state index is 12.6. The van der Waals surface area contributed by atoms with Crippen LogP contribution < -0.4 is 10.1 Å². The maximum atomic E-state index is 12.6. The first-order chi connectivity index (χ1) is 11.8. The maximum Gasteiger partial charge on any atom is 0.253 e. The van der Waals surface area contributed by atoms with Crippen LogP contribution in [0.15, 0.2) is 42.9 Å². The molecule has 126 valence electrons. The van der Waals surface area contributed by atoms with Crippen molar-refractivity contribution in [3.8, 4) is 5.75 Å². The van der Waals surface area contributed by atoms with Crippen LogP contribution in [0.3, 0.4) is 0 Å². The van der Waals surface area contributed by atoms with E-state index in [2.05, 4.69) is 15.3 Å². The van der Waals surface area contributed by atoms with Crippen molar-refractivity contribution in [1.82, 2.24) is 14.9 Å². The molecule has 2 aromatic rings. The van der Waals surface area contributed by atoms with Gasteiger partial charge in [-0.15, -0.1) is 0 Å². The third-order valence-electron chi connectivity index (χ3n) is 4.13. The lowest BCUT2D eigenvalue weighted by atomic mass is 10.0. The average Bonchev–Trinajstić information content (AvgIpc) is 2.64. The minimum atomic E-state index is 0.0820. The first kappa shape index (κ1) is 16.2. The molecule has 1 aliphatic rings. The summed E-state index contributed by atoms with van der Waals surface area (Å²) in [7, 11) is 0. The van der Waals surface area contributed by atoms with Crippen molar-refractivity contribution in [2.75, 3.05) is 25.0 Å². The molecule has 1 N–H and O–H groups in total. The Hall–Kier alpha value is -2.63. The number of hydrogen-bond acceptors (Lipinski definition) is 5. The van der Waals surface area contributed by atoms with Crippen LogP contribution in [0.4, 0.5) is 5.82 Å². The highest BCUT2D eigenvalue weighted by atomic mass is 16.5. The van der Waals surface area contributed by atoms with Gasteiger partial charge in [-0.1, -0.05) is 0 Å². The van der Waals surface area contributed by atoms with Crippen LogP contribution in [0.25, 0.3) is 0 Å². The predicted octanol–water partition coefficient (Wildman–Crippen LogP) is 2.59. The molecule has 0 radical (unpaired) electrons. The Morgan fingerprint density at radius 1 is 1.25 bits per heavy atom. The number of aromatic nitrogens is 2. The van der Waals surface area contributed by atoms with E-state index in [-0.39, 0.29) is 5.91 Å². The normalized spacial score (nSPS) is 15.1. The number of anilines is 1. The molecular formula is C18H22N4O2. The summed E-state index contributed by atoms with van der Waals surface area (Å²) in [6.07, 6.45) is 5.08. The third-order valence-corrected chi connectivity index (χ3v) is 4.13. The SMILES string of the molecule is CCOc1ccc(C(=O)N2CCC(Nc3ccncn3)CC2)cc1. The van der Waals surface area contributed by atoms with Crippen molar-refractivity contribution in [3.63, 3.8) is 0 Å². The number of rotatable bonds is 5. The predicted molar refractivity (Wildman–Crippen MR) is 92.2 cm³/mol. The van der Waals surface area contributed by atoms with Gasteiger partial charge in [0.05, 0.1) is 6.61 Å². The Morgan fingerprint density at radius 3 is 2.62 bits per heavy atom. The molecular weight excluding hydrogens is 304 g/mol. The van der Waals surface area contributed by atoms with E-state index >= 15 is 0 Å². The van der Waals surface area contributed by atoms with Gasteiger partial charge >= 0.3 is 0 Å². The third kappa shape index (κ3) is 4.01. The van der Waals surface area contributed by atoms with E-state index in [1.165, 1.54) is 6.33 Å². The first-order valence-corrected chi connectivity index (χ1v) is 8.31. The summed E-state index contributed by atoms with van der Waals surface area (Å²) in [5.41, 5.74) is 0.709. The number of piperidine rings is 1. The van der Waals surface area contributed by atoms with E-state index in [0.717, 1.165) is 37.5 Å². The Kier molecular flexibility index (Phi) is 5.25. The molecule has 0 unspecified atom stereocenters. The van der Waals surface area contributed by atoms with Gasteiger partial charge in [-0.05, 0) is 50.1 Å². The molecule has 0 aliphatic carbocycles. The quantitative estimate of drug-likeness (QED) is 0.915. The van der Waals surface area contributed by atoms with Crippen LogP contribution in [0.5, 0.6) is 5.75 Å². The summed E-state index contributed by atoms with van der Waals surface area (Å²) in [6.45, 7) is 4.06. The molecule has 24 heavy (non-hydrogen) atoms. The molecule has 6 heteroatoms. The van der Waals surface area contributed by atoms with E-state index in [1.54, 1.807) is 6.20 Å². The smallest absolute Gasteiger partial charge is 0.253 e. The fraction of sp³-hybridized carbons (Fsp3) is 0.389. The van der Waals surface area contributed by atoms with Crippen molar-refractivity contribution in [3.05, 3.63) is 48.4 Å². The highest BCUT2D eigenvalue weighted by Gasteiger charge is 2.23. The van der Waals surface area contributed by atoms with Crippen molar-refractivity contribution in [2.45, 2.75) is 25.8 Å². The number of carbonyl (C=O) groups is 1. The molecule has 6 nitrogen and oxygen atoms in total. The van der Waals surface area contributed by atoms with Gasteiger partial charge in [0.15, 0.2) is 0 Å². The topological polar surface area (TPSA) is 67.3 Å². The molecule has 0 saturated carbocycles. The molecule has 3 rings (SSSR count). The molecule has 1 fully saturated rings. The van der Waals surface area contributed by atoms with Gasteiger partial charge in [-0.2, -0.15) is 0 Å². The minimum Gasteiger partial charge on any atom is -0.494 e. The summed E-state index contributed by atoms with van der Waals surface area (Å²) in [5.74, 6) is 1.71. The van der Waals surface area contributed by atoms with Crippen molar-refractivity contribution >= 4 is 11.7 Å². The minimum absolute atomic E-state index is 0.0820. The Labute approximate surface area is 141 Å². The summed E-state index contributed by atoms with van der Waals surface area (Å²) in [5, 5.41) is 3.40. The summed E-state index contributed by atoms with van der Waals surface area (Å²) >= 11 is 0. The molecule has 0 spiro atoms. The molecule has 1 aromatic heterocycles. The van der Waals surface area contributed by atoms with Crippen LogP contribution in [0.2, 0.25) is 0 Å². The lowest BCUT2D eigenvalue weighted by Gasteiger charge is -2.32. The van der Waals surface area contributed by atoms with E-state index in [0.29, 0.717) is 18.2 Å². The average molecular weight is 326 g/mol. The second-order valence-electron chi connectivity index (χ2n) is 5.76. The number of benzene rings is 1. The van der Waals surface area contributed by atoms with E-state index in [4.69, 9.17) is 4.74 Å². The zero-order chi connectivity index (χ0) is 16.8. The molecule has 1 amide bonds. The number of hydrogen-bond donors (Lipinski definition) is 1. The number of ether oxygens (including phenoxy) is 1. The number of nitrogens with zero attached hydrogens (tertiary/aromatic N) is 3. The van der Waals surface area contributed by atoms with E-state index < -0.39 is 0 Å². The highest BCUT2D eigenvalue weighted by Crippen LogP contribution is 2.18. The second kappa shape index (κ2) is 7.77. The van der Waals surface area contributed by atoms with Crippen LogP contribution in [0, 0.1) is 0 Å². The van der Waals surface area contributed by atoms with Crippen molar-refractivity contribution < 1.29 is 9.53 Å². The number of carbonyl (C=O) groups excluding carboxylic acids is 1. The van der Waals surface area contributed by atoms with E-state index in [9.17, 15) is 4.79 Å². The van der Waals surface area contributed by atoms with Gasteiger partial charge < -0.3 is 15.0 Å². The Balaban J connectivity index is 1.53. The zero-order valence-corrected chi connectivity index (χ0v) is 13.8. The van der Waals surface area contributed by atoms with Gasteiger partial charge in [0, 0.05) is 30.9 Å². The lowest BCUT2D eigenvalue weighted by molar-refractivity contribution is 0.0718. The fourth-order valence-electron chi connectivity index (χ4n) is 2.86. The molecule has 0 bridgehead atoms. The van der Waals surface area contributed by atoms with Crippen LogP contribution in [0.1, 0.15) is 30.1 Å². The monoisotopic (exact) mass is 326 g/mol. The van der Waals surface area contributed by atoms with Crippen LogP contribution in [-0.4, -0.2) is 46.5 Å². The highest BCUT2D eigenvalue weighted by molar-refractivity contribution is 5.94. The Bertz CT molecular complexity index is 652. The summed E-state index contributed by atoms with van der Waals surface area (Å²) in [6, 6.07) is 9.55. The molecule has 2 heterocycles. The zero-order valence-electron chi connectivity index (χ0n) is 13.8. The molecule has 1 aliphatic heterocycles. The fourth-order valence-corrected chi connectivity index (χ4v) is 2.86. The van der Waals surface area contributed by atoms with E-state index in [1.807, 2.05) is 42.2 Å². The number of nitrogens with one attached hydrogen (secondary N) is 1. The van der Waals surface area contributed by atoms with Gasteiger partial charge in [0.25, 0.3) is 5.91 Å². The van der Waals surface area contributed by atoms with Gasteiger partial charge in [0.1, 0.15) is 17.9 Å². The van der Waals surface area contributed by atoms with Gasteiger partial charge in [0.2, 0.25) is 0 Å². The van der Waals surface area contributed by atoms with Crippen LogP contribution in [-0.2, 0) is 0 Å². The van der Waals surface area contributed by atoms with Gasteiger partial charge in [-0.3, -0.25) is 4.79 Å². The van der Waals surface area contributed by atoms with Crippen LogP contribution >= 0.6 is 0 Å². The van der Waals surface area contributed by atoms with Gasteiger partial charge in [-0.25, -0.2) is 9.97 Å². The number of likely N-dealkylation sites (tertiary alicyclic amines) is 1. The summed E-state index contributed by atoms with van der Waals surface area (Å²) in [4.78, 5) is 22.6. The summed E-state index contributed by atoms with van der Waals surface area (Å²) < 4.78 is 5.41. The molecule has 1 saturated heterocycles. The lowest BCUT2D eigenvalue weighted by Crippen LogP contribution is -2.42. The molecule has 1 aromatic carbocycles.